The van der Waals surface area contributed by atoms with Gasteiger partial charge in [0.25, 0.3) is 11.8 Å². The van der Waals surface area contributed by atoms with Crippen molar-refractivity contribution in [2.45, 2.75) is 82.8 Å². The number of nitrogens with two attached hydrogens (primary N) is 1. The summed E-state index contributed by atoms with van der Waals surface area (Å²) in [6.45, 7) is 4.02. The lowest BCUT2D eigenvalue weighted by molar-refractivity contribution is -0.136. The van der Waals surface area contributed by atoms with E-state index in [1.165, 1.54) is 32.1 Å². The zero-order chi connectivity index (χ0) is 32.6. The highest BCUT2D eigenvalue weighted by atomic mass is 19.1. The van der Waals surface area contributed by atoms with E-state index in [1.54, 1.807) is 11.0 Å². The fraction of sp³-hybridized carbons (Fsp3) is 0.529. The topological polar surface area (TPSA) is 146 Å². The number of nitrogens with zero attached hydrogens (tertiary/aromatic N) is 2. The number of amides is 4. The summed E-state index contributed by atoms with van der Waals surface area (Å²) in [5.74, 6) is -1.67. The average Bonchev–Trinajstić information content (AvgIpc) is 3.38. The average molecular weight is 637 g/mol. The molecule has 5 N–H and O–H groups in total. The van der Waals surface area contributed by atoms with Crippen molar-refractivity contribution >= 4 is 35.0 Å². The fourth-order valence-corrected chi connectivity index (χ4v) is 6.61. The van der Waals surface area contributed by atoms with Crippen LogP contribution in [0, 0.1) is 5.82 Å². The molecule has 3 aliphatic heterocycles. The number of imide groups is 1. The number of carbonyl (C=O) groups excluding carboxylic acids is 4. The first-order valence-corrected chi connectivity index (χ1v) is 16.4. The Morgan fingerprint density at radius 3 is 2.52 bits per heavy atom. The van der Waals surface area contributed by atoms with E-state index in [1.807, 2.05) is 12.1 Å². The number of hydrogen-bond acceptors (Lipinski definition) is 8. The number of piperidine rings is 2. The van der Waals surface area contributed by atoms with Crippen LogP contribution in [0.2, 0.25) is 0 Å². The van der Waals surface area contributed by atoms with E-state index < -0.39 is 23.7 Å². The summed E-state index contributed by atoms with van der Waals surface area (Å²) in [6.07, 6.45) is 9.05. The van der Waals surface area contributed by atoms with Crippen LogP contribution >= 0.6 is 0 Å². The molecule has 0 radical (unpaired) electrons. The molecule has 3 heterocycles. The second kappa shape index (κ2) is 15.4. The third-order valence-corrected chi connectivity index (χ3v) is 9.28. The van der Waals surface area contributed by atoms with E-state index in [0.29, 0.717) is 24.3 Å². The Balaban J connectivity index is 0.930. The summed E-state index contributed by atoms with van der Waals surface area (Å²) in [4.78, 5) is 53.6. The zero-order valence-corrected chi connectivity index (χ0v) is 26.5. The second-order valence-corrected chi connectivity index (χ2v) is 12.4. The molecule has 5 rings (SSSR count). The van der Waals surface area contributed by atoms with E-state index in [4.69, 9.17) is 10.5 Å². The molecule has 2 fully saturated rings. The lowest BCUT2D eigenvalue weighted by Gasteiger charge is -2.32. The lowest BCUT2D eigenvalue weighted by Crippen LogP contribution is -2.52. The monoisotopic (exact) mass is 636 g/mol. The van der Waals surface area contributed by atoms with Crippen LogP contribution in [0.3, 0.4) is 0 Å². The number of unbranched alkanes of at least 4 members (excludes halogenated alkanes) is 5. The predicted octanol–water partition coefficient (Wildman–Crippen LogP) is 3.82. The van der Waals surface area contributed by atoms with Crippen LogP contribution in [0.15, 0.2) is 30.3 Å². The molecule has 0 aliphatic carbocycles. The summed E-state index contributed by atoms with van der Waals surface area (Å²) in [6, 6.07) is 7.79. The minimum Gasteiger partial charge on any atom is -0.497 e. The number of benzene rings is 2. The normalized spacial score (nSPS) is 18.8. The van der Waals surface area contributed by atoms with Crippen LogP contribution in [-0.4, -0.2) is 78.8 Å². The van der Waals surface area contributed by atoms with Gasteiger partial charge in [0.15, 0.2) is 5.82 Å². The first-order chi connectivity index (χ1) is 22.2. The smallest absolute Gasteiger partial charge is 0.255 e. The molecule has 0 saturated carbocycles. The number of nitrogen functional groups attached to an aromatic ring is 1. The molecule has 248 valence electrons. The summed E-state index contributed by atoms with van der Waals surface area (Å²) in [7, 11) is 1.45. The van der Waals surface area contributed by atoms with Gasteiger partial charge < -0.3 is 30.9 Å². The van der Waals surface area contributed by atoms with Gasteiger partial charge in [-0.2, -0.15) is 0 Å². The molecule has 0 aromatic heterocycles. The number of nitrogens with one attached hydrogen (secondary N) is 3. The molecule has 2 saturated heterocycles. The number of likely N-dealkylation sites (tertiary alicyclic amines) is 1. The van der Waals surface area contributed by atoms with Crippen LogP contribution in [0.25, 0.3) is 0 Å². The summed E-state index contributed by atoms with van der Waals surface area (Å²) >= 11 is 0. The minimum atomic E-state index is -0.718. The van der Waals surface area contributed by atoms with Crippen molar-refractivity contribution in [3.8, 4) is 5.75 Å². The Hall–Kier alpha value is -4.19. The van der Waals surface area contributed by atoms with Crippen molar-refractivity contribution in [3.63, 3.8) is 0 Å². The van der Waals surface area contributed by atoms with E-state index in [0.717, 1.165) is 76.0 Å². The van der Waals surface area contributed by atoms with Crippen LogP contribution < -0.4 is 26.4 Å². The number of methoxy groups -OCH3 is 1. The first-order valence-electron chi connectivity index (χ1n) is 16.4. The number of hydrogen-bond donors (Lipinski definition) is 4. The molecule has 12 heteroatoms. The van der Waals surface area contributed by atoms with Gasteiger partial charge in [-0.25, -0.2) is 4.39 Å². The molecule has 2 aromatic carbocycles. The highest BCUT2D eigenvalue weighted by Crippen LogP contribution is 2.32. The van der Waals surface area contributed by atoms with Crippen molar-refractivity contribution in [2.75, 3.05) is 44.3 Å². The van der Waals surface area contributed by atoms with Crippen LogP contribution in [0.5, 0.6) is 5.75 Å². The maximum absolute atomic E-state index is 14.4. The predicted molar refractivity (Wildman–Crippen MR) is 173 cm³/mol. The van der Waals surface area contributed by atoms with Crippen LogP contribution in [0.1, 0.15) is 90.5 Å². The summed E-state index contributed by atoms with van der Waals surface area (Å²) in [5.41, 5.74) is 7.96. The maximum atomic E-state index is 14.4. The standard InChI is InChI=1S/C34H45FN6O5/c1-46-23-19-25(31(35)27(36)20-23)32(43)38-22-13-17-40(18-14-22)16-7-5-3-2-4-6-15-37-28-10-8-9-24-26(28)21-41(34(24)45)29-11-12-30(42)39-33(29)44/h8-10,19-20,22,29,37H,2-7,11-18,21,36H2,1H3,(H,38,43)(H,39,42,44). The summed E-state index contributed by atoms with van der Waals surface area (Å²) in [5, 5.41) is 8.80. The van der Waals surface area contributed by atoms with Gasteiger partial charge in [0.1, 0.15) is 11.8 Å². The van der Waals surface area contributed by atoms with Crippen molar-refractivity contribution in [3.05, 3.63) is 52.8 Å². The number of carbonyl (C=O) groups is 4. The number of anilines is 2. The Morgan fingerprint density at radius 1 is 1.04 bits per heavy atom. The van der Waals surface area contributed by atoms with Gasteiger partial charge in [-0.3, -0.25) is 24.5 Å². The Morgan fingerprint density at radius 2 is 1.78 bits per heavy atom. The fourth-order valence-electron chi connectivity index (χ4n) is 6.61. The molecule has 2 aromatic rings. The van der Waals surface area contributed by atoms with E-state index in [-0.39, 0.29) is 35.5 Å². The minimum absolute atomic E-state index is 0.00546. The molecule has 4 amide bonds. The SMILES string of the molecule is COc1cc(N)c(F)c(C(=O)NC2CCN(CCCCCCCCNc3cccc4c3CN(C3CCC(=O)NC3=O)C4=O)CC2)c1. The Kier molecular flexibility index (Phi) is 11.1. The Bertz CT molecular complexity index is 1440. The van der Waals surface area contributed by atoms with Gasteiger partial charge in [0.2, 0.25) is 11.8 Å². The van der Waals surface area contributed by atoms with Crippen molar-refractivity contribution in [2.24, 2.45) is 0 Å². The Labute approximate surface area is 269 Å². The third-order valence-electron chi connectivity index (χ3n) is 9.28. The van der Waals surface area contributed by atoms with Gasteiger partial charge in [-0.1, -0.05) is 31.7 Å². The molecular weight excluding hydrogens is 591 g/mol. The van der Waals surface area contributed by atoms with Crippen LogP contribution in [0.4, 0.5) is 15.8 Å². The molecule has 1 unspecified atom stereocenters. The number of ether oxygens (including phenoxy) is 1. The van der Waals surface area contributed by atoms with E-state index in [2.05, 4.69) is 20.9 Å². The highest BCUT2D eigenvalue weighted by Gasteiger charge is 2.39. The van der Waals surface area contributed by atoms with E-state index in [9.17, 15) is 23.6 Å². The third kappa shape index (κ3) is 7.96. The molecule has 0 bridgehead atoms. The van der Waals surface area contributed by atoms with Gasteiger partial charge in [-0.05, 0) is 56.8 Å². The molecule has 0 spiro atoms. The lowest BCUT2D eigenvalue weighted by atomic mass is 10.0. The van der Waals surface area contributed by atoms with Crippen LogP contribution in [-0.2, 0) is 16.1 Å². The summed E-state index contributed by atoms with van der Waals surface area (Å²) < 4.78 is 19.5. The molecule has 46 heavy (non-hydrogen) atoms. The van der Waals surface area contributed by atoms with Crippen molar-refractivity contribution < 1.29 is 28.3 Å². The van der Waals surface area contributed by atoms with Gasteiger partial charge >= 0.3 is 0 Å². The molecule has 3 aliphatic rings. The van der Waals surface area contributed by atoms with Crippen molar-refractivity contribution in [1.29, 1.82) is 0 Å². The number of fused-ring (bicyclic) bond motifs is 1. The first kappa shape index (κ1) is 33.2. The van der Waals surface area contributed by atoms with Gasteiger partial charge in [0, 0.05) is 61.5 Å². The van der Waals surface area contributed by atoms with Gasteiger partial charge in [-0.15, -0.1) is 0 Å². The largest absolute Gasteiger partial charge is 0.497 e. The molecule has 11 nitrogen and oxygen atoms in total. The maximum Gasteiger partial charge on any atom is 0.255 e. The van der Waals surface area contributed by atoms with Gasteiger partial charge in [0.05, 0.1) is 18.4 Å². The highest BCUT2D eigenvalue weighted by molar-refractivity contribution is 6.06. The zero-order valence-electron chi connectivity index (χ0n) is 26.5. The number of rotatable bonds is 14. The van der Waals surface area contributed by atoms with Crippen molar-refractivity contribution in [1.82, 2.24) is 20.4 Å². The molecule has 1 atom stereocenters. The number of halogens is 1. The quantitative estimate of drug-likeness (QED) is 0.139. The molecular formula is C34H45FN6O5. The second-order valence-electron chi connectivity index (χ2n) is 12.4. The van der Waals surface area contributed by atoms with E-state index >= 15 is 0 Å².